The van der Waals surface area contributed by atoms with E-state index in [1.54, 1.807) is 11.3 Å². The lowest BCUT2D eigenvalue weighted by Gasteiger charge is -2.02. The summed E-state index contributed by atoms with van der Waals surface area (Å²) in [6.45, 7) is 2.98. The SMILES string of the molecule is Cc1csc(Cn2cncc2CCl)c1. The lowest BCUT2D eigenvalue weighted by molar-refractivity contribution is 0.775. The average molecular weight is 227 g/mol. The molecule has 0 radical (unpaired) electrons. The molecule has 74 valence electrons. The van der Waals surface area contributed by atoms with Crippen molar-refractivity contribution in [3.05, 3.63) is 40.1 Å². The molecule has 0 unspecified atom stereocenters. The van der Waals surface area contributed by atoms with Crippen LogP contribution in [0.2, 0.25) is 0 Å². The molecule has 0 saturated carbocycles. The molecule has 0 aromatic carbocycles. The zero-order valence-corrected chi connectivity index (χ0v) is 9.48. The van der Waals surface area contributed by atoms with E-state index in [4.69, 9.17) is 11.6 Å². The molecule has 0 aliphatic rings. The summed E-state index contributed by atoms with van der Waals surface area (Å²) in [4.78, 5) is 5.42. The van der Waals surface area contributed by atoms with Crippen LogP contribution in [0, 0.1) is 6.92 Å². The van der Waals surface area contributed by atoms with Crippen molar-refractivity contribution in [1.29, 1.82) is 0 Å². The van der Waals surface area contributed by atoms with Crippen molar-refractivity contribution in [3.8, 4) is 0 Å². The summed E-state index contributed by atoms with van der Waals surface area (Å²) in [6.07, 6.45) is 3.64. The van der Waals surface area contributed by atoms with Crippen LogP contribution in [0.25, 0.3) is 0 Å². The third-order valence-electron chi connectivity index (χ3n) is 2.05. The van der Waals surface area contributed by atoms with Gasteiger partial charge in [-0.1, -0.05) is 0 Å². The van der Waals surface area contributed by atoms with E-state index >= 15 is 0 Å². The van der Waals surface area contributed by atoms with Crippen LogP contribution in [0.4, 0.5) is 0 Å². The van der Waals surface area contributed by atoms with Crippen LogP contribution in [0.5, 0.6) is 0 Å². The first-order valence-corrected chi connectivity index (χ1v) is 5.80. The highest BCUT2D eigenvalue weighted by Crippen LogP contribution is 2.16. The molecule has 4 heteroatoms. The molecule has 2 nitrogen and oxygen atoms in total. The van der Waals surface area contributed by atoms with Gasteiger partial charge in [-0.05, 0) is 23.9 Å². The molecule has 2 heterocycles. The summed E-state index contributed by atoms with van der Waals surface area (Å²) < 4.78 is 2.08. The Morgan fingerprint density at radius 2 is 2.43 bits per heavy atom. The zero-order chi connectivity index (χ0) is 9.97. The summed E-state index contributed by atoms with van der Waals surface area (Å²) in [5.74, 6) is 0.518. The predicted octanol–water partition coefficient (Wildman–Crippen LogP) is 3.04. The van der Waals surface area contributed by atoms with Gasteiger partial charge in [0.15, 0.2) is 0 Å². The summed E-state index contributed by atoms with van der Waals surface area (Å²) in [6, 6.07) is 2.20. The van der Waals surface area contributed by atoms with Gasteiger partial charge in [0.2, 0.25) is 0 Å². The number of thiophene rings is 1. The van der Waals surface area contributed by atoms with E-state index in [1.165, 1.54) is 10.4 Å². The Labute approximate surface area is 92.2 Å². The minimum absolute atomic E-state index is 0.518. The molecule has 2 aromatic heterocycles. The number of aryl methyl sites for hydroxylation is 1. The minimum atomic E-state index is 0.518. The maximum Gasteiger partial charge on any atom is 0.0951 e. The van der Waals surface area contributed by atoms with Crippen molar-refractivity contribution in [3.63, 3.8) is 0 Å². The van der Waals surface area contributed by atoms with Crippen molar-refractivity contribution < 1.29 is 0 Å². The molecule has 0 amide bonds. The first-order chi connectivity index (χ1) is 6.79. The van der Waals surface area contributed by atoms with Gasteiger partial charge in [-0.2, -0.15) is 0 Å². The predicted molar refractivity (Wildman–Crippen MR) is 59.9 cm³/mol. The summed E-state index contributed by atoms with van der Waals surface area (Å²) in [7, 11) is 0. The second kappa shape index (κ2) is 4.15. The van der Waals surface area contributed by atoms with Crippen LogP contribution in [0.3, 0.4) is 0 Å². The van der Waals surface area contributed by atoms with Crippen molar-refractivity contribution in [1.82, 2.24) is 9.55 Å². The Hall–Kier alpha value is -0.800. The van der Waals surface area contributed by atoms with Crippen molar-refractivity contribution in [2.45, 2.75) is 19.3 Å². The monoisotopic (exact) mass is 226 g/mol. The van der Waals surface area contributed by atoms with Crippen LogP contribution in [0.1, 0.15) is 16.1 Å². The molecule has 0 fully saturated rings. The maximum atomic E-state index is 5.79. The molecule has 0 saturated heterocycles. The number of imidazole rings is 1. The third kappa shape index (κ3) is 1.99. The number of nitrogens with zero attached hydrogens (tertiary/aromatic N) is 2. The van der Waals surface area contributed by atoms with E-state index in [1.807, 2.05) is 12.5 Å². The van der Waals surface area contributed by atoms with Crippen LogP contribution in [-0.4, -0.2) is 9.55 Å². The highest BCUT2D eigenvalue weighted by Gasteiger charge is 2.02. The van der Waals surface area contributed by atoms with E-state index in [0.717, 1.165) is 12.2 Å². The average Bonchev–Trinajstić information content (AvgIpc) is 2.76. The number of rotatable bonds is 3. The second-order valence-corrected chi connectivity index (χ2v) is 4.50. The Balaban J connectivity index is 2.18. The van der Waals surface area contributed by atoms with E-state index in [-0.39, 0.29) is 0 Å². The summed E-state index contributed by atoms with van der Waals surface area (Å²) >= 11 is 7.56. The standard InChI is InChI=1S/C10H11ClN2S/c1-8-2-10(14-6-8)5-13-7-12-4-9(13)3-11/h2,4,6-7H,3,5H2,1H3. The molecular weight excluding hydrogens is 216 g/mol. The number of aromatic nitrogens is 2. The van der Waals surface area contributed by atoms with Gasteiger partial charge in [0.25, 0.3) is 0 Å². The normalized spacial score (nSPS) is 10.7. The van der Waals surface area contributed by atoms with E-state index in [2.05, 4.69) is 27.9 Å². The van der Waals surface area contributed by atoms with Gasteiger partial charge in [0.1, 0.15) is 0 Å². The molecule has 2 rings (SSSR count). The van der Waals surface area contributed by atoms with Crippen LogP contribution < -0.4 is 0 Å². The quantitative estimate of drug-likeness (QED) is 0.736. The first-order valence-electron chi connectivity index (χ1n) is 4.38. The number of halogens is 1. The Kier molecular flexibility index (Phi) is 2.89. The molecule has 0 spiro atoms. The fourth-order valence-electron chi connectivity index (χ4n) is 1.34. The van der Waals surface area contributed by atoms with Crippen molar-refractivity contribution in [2.75, 3.05) is 0 Å². The minimum Gasteiger partial charge on any atom is -0.328 e. The fraction of sp³-hybridized carbons (Fsp3) is 0.300. The Bertz CT molecular complexity index is 419. The molecule has 0 N–H and O–H groups in total. The topological polar surface area (TPSA) is 17.8 Å². The summed E-state index contributed by atoms with van der Waals surface area (Å²) in [5, 5.41) is 2.16. The van der Waals surface area contributed by atoms with Crippen LogP contribution in [0.15, 0.2) is 24.0 Å². The fourth-order valence-corrected chi connectivity index (χ4v) is 2.44. The van der Waals surface area contributed by atoms with Gasteiger partial charge >= 0.3 is 0 Å². The molecule has 0 bridgehead atoms. The van der Waals surface area contributed by atoms with Gasteiger partial charge in [-0.25, -0.2) is 4.98 Å². The van der Waals surface area contributed by atoms with Gasteiger partial charge in [-0.3, -0.25) is 0 Å². The van der Waals surface area contributed by atoms with Crippen molar-refractivity contribution >= 4 is 22.9 Å². The largest absolute Gasteiger partial charge is 0.328 e. The Morgan fingerprint density at radius 1 is 1.57 bits per heavy atom. The number of hydrogen-bond donors (Lipinski definition) is 0. The van der Waals surface area contributed by atoms with Crippen LogP contribution in [-0.2, 0) is 12.4 Å². The molecule has 0 aliphatic carbocycles. The van der Waals surface area contributed by atoms with Gasteiger partial charge in [0, 0.05) is 11.1 Å². The molecule has 2 aromatic rings. The smallest absolute Gasteiger partial charge is 0.0951 e. The van der Waals surface area contributed by atoms with E-state index in [9.17, 15) is 0 Å². The third-order valence-corrected chi connectivity index (χ3v) is 3.36. The van der Waals surface area contributed by atoms with Crippen molar-refractivity contribution in [2.24, 2.45) is 0 Å². The molecular formula is C10H11ClN2S. The second-order valence-electron chi connectivity index (χ2n) is 3.24. The zero-order valence-electron chi connectivity index (χ0n) is 7.90. The van der Waals surface area contributed by atoms with Gasteiger partial charge in [0.05, 0.1) is 24.4 Å². The van der Waals surface area contributed by atoms with E-state index in [0.29, 0.717) is 5.88 Å². The highest BCUT2D eigenvalue weighted by molar-refractivity contribution is 7.10. The lowest BCUT2D eigenvalue weighted by Crippen LogP contribution is -1.99. The first kappa shape index (κ1) is 9.74. The number of alkyl halides is 1. The molecule has 14 heavy (non-hydrogen) atoms. The van der Waals surface area contributed by atoms with Gasteiger partial charge < -0.3 is 4.57 Å². The Morgan fingerprint density at radius 3 is 3.07 bits per heavy atom. The highest BCUT2D eigenvalue weighted by atomic mass is 35.5. The van der Waals surface area contributed by atoms with Crippen LogP contribution >= 0.6 is 22.9 Å². The number of hydrogen-bond acceptors (Lipinski definition) is 2. The molecule has 0 atom stereocenters. The maximum absolute atomic E-state index is 5.79. The summed E-state index contributed by atoms with van der Waals surface area (Å²) in [5.41, 5.74) is 2.38. The van der Waals surface area contributed by atoms with Gasteiger partial charge in [-0.15, -0.1) is 22.9 Å². The van der Waals surface area contributed by atoms with E-state index < -0.39 is 0 Å². The lowest BCUT2D eigenvalue weighted by atomic mass is 10.3. The molecule has 0 aliphatic heterocycles.